The molecule has 2 bridgehead atoms. The lowest BCUT2D eigenvalue weighted by Crippen LogP contribution is -2.56. The molecule has 0 aromatic carbocycles. The van der Waals surface area contributed by atoms with Gasteiger partial charge in [0.15, 0.2) is 6.23 Å². The first-order chi connectivity index (χ1) is 12.4. The van der Waals surface area contributed by atoms with Crippen molar-refractivity contribution < 1.29 is 18.9 Å². The quantitative estimate of drug-likeness (QED) is 0.850. The van der Waals surface area contributed by atoms with E-state index in [0.29, 0.717) is 19.6 Å². The molecule has 2 aliphatic heterocycles. The molecule has 2 aliphatic rings. The Balaban J connectivity index is 1.99. The molecule has 152 valence electrons. The van der Waals surface area contributed by atoms with Gasteiger partial charge in [-0.2, -0.15) is 0 Å². The van der Waals surface area contributed by atoms with E-state index in [1.165, 1.54) is 16.8 Å². The van der Waals surface area contributed by atoms with E-state index in [2.05, 4.69) is 4.98 Å². The largest absolute Gasteiger partial charge is 0.373 e. The van der Waals surface area contributed by atoms with Gasteiger partial charge in [0.1, 0.15) is 17.8 Å². The maximum absolute atomic E-state index is 12.3. The van der Waals surface area contributed by atoms with Crippen LogP contribution in [0.4, 0.5) is 0 Å². The molecule has 8 heteroatoms. The summed E-state index contributed by atoms with van der Waals surface area (Å²) >= 11 is 0. The van der Waals surface area contributed by atoms with Crippen molar-refractivity contribution in [3.8, 4) is 0 Å². The summed E-state index contributed by atoms with van der Waals surface area (Å²) in [5.41, 5.74) is -2.49. The lowest BCUT2D eigenvalue weighted by atomic mass is 9.89. The second kappa shape index (κ2) is 6.84. The van der Waals surface area contributed by atoms with Crippen LogP contribution in [-0.2, 0) is 18.9 Å². The van der Waals surface area contributed by atoms with E-state index in [-0.39, 0.29) is 5.60 Å². The Hall–Kier alpha value is -1.48. The first kappa shape index (κ1) is 20.3. The van der Waals surface area contributed by atoms with E-state index >= 15 is 0 Å². The van der Waals surface area contributed by atoms with Crippen LogP contribution in [0, 0.1) is 0 Å². The predicted molar refractivity (Wildman–Crippen MR) is 98.9 cm³/mol. The smallest absolute Gasteiger partial charge is 0.330 e. The fraction of sp³-hybridized carbons (Fsp3) is 0.789. The Morgan fingerprint density at radius 3 is 2.52 bits per heavy atom. The Bertz CT molecular complexity index is 787. The van der Waals surface area contributed by atoms with Crippen molar-refractivity contribution in [2.45, 2.75) is 83.2 Å². The molecular formula is C19H30N2O6. The third-order valence-electron chi connectivity index (χ3n) is 4.64. The van der Waals surface area contributed by atoms with Crippen LogP contribution in [0.25, 0.3) is 0 Å². The minimum atomic E-state index is -0.732. The van der Waals surface area contributed by atoms with Gasteiger partial charge < -0.3 is 18.9 Å². The van der Waals surface area contributed by atoms with Crippen LogP contribution in [0.5, 0.6) is 0 Å². The first-order valence-corrected chi connectivity index (χ1v) is 9.33. The number of H-pyrrole nitrogens is 1. The van der Waals surface area contributed by atoms with Gasteiger partial charge in [0.05, 0.1) is 24.4 Å². The summed E-state index contributed by atoms with van der Waals surface area (Å²) in [7, 11) is 0. The van der Waals surface area contributed by atoms with Crippen molar-refractivity contribution >= 4 is 0 Å². The van der Waals surface area contributed by atoms with Crippen molar-refractivity contribution in [1.82, 2.24) is 9.55 Å². The Kier molecular flexibility index (Phi) is 5.14. The number of ether oxygens (including phenoxy) is 4. The van der Waals surface area contributed by atoms with Crippen molar-refractivity contribution in [2.75, 3.05) is 13.2 Å². The van der Waals surface area contributed by atoms with Crippen LogP contribution >= 0.6 is 0 Å². The van der Waals surface area contributed by atoms with Gasteiger partial charge in [-0.3, -0.25) is 14.3 Å². The normalized spacial score (nSPS) is 31.3. The van der Waals surface area contributed by atoms with Crippen molar-refractivity contribution in [2.24, 2.45) is 0 Å². The summed E-state index contributed by atoms with van der Waals surface area (Å²) in [6, 6.07) is 1.30. The van der Waals surface area contributed by atoms with E-state index < -0.39 is 40.9 Å². The zero-order valence-corrected chi connectivity index (χ0v) is 16.9. The highest BCUT2D eigenvalue weighted by Crippen LogP contribution is 2.47. The summed E-state index contributed by atoms with van der Waals surface area (Å²) in [5, 5.41) is 0. The summed E-state index contributed by atoms with van der Waals surface area (Å²) in [5.74, 6) is 0. The molecule has 0 radical (unpaired) electrons. The number of nitrogens with zero attached hydrogens (tertiary/aromatic N) is 1. The number of aromatic nitrogens is 2. The van der Waals surface area contributed by atoms with Crippen LogP contribution < -0.4 is 11.2 Å². The molecule has 2 saturated heterocycles. The van der Waals surface area contributed by atoms with E-state index in [9.17, 15) is 9.59 Å². The molecule has 0 spiro atoms. The molecule has 3 rings (SSSR count). The highest BCUT2D eigenvalue weighted by atomic mass is 16.7. The molecule has 0 amide bonds. The monoisotopic (exact) mass is 382 g/mol. The number of hydrogen-bond donors (Lipinski definition) is 1. The van der Waals surface area contributed by atoms with E-state index in [1.807, 2.05) is 41.5 Å². The van der Waals surface area contributed by atoms with Gasteiger partial charge >= 0.3 is 5.69 Å². The van der Waals surface area contributed by atoms with Crippen molar-refractivity contribution in [1.29, 1.82) is 0 Å². The summed E-state index contributed by atoms with van der Waals surface area (Å²) in [4.78, 5) is 26.0. The summed E-state index contributed by atoms with van der Waals surface area (Å²) in [6.45, 7) is 12.7. The van der Waals surface area contributed by atoms with E-state index in [0.717, 1.165) is 0 Å². The zero-order valence-electron chi connectivity index (χ0n) is 16.9. The van der Waals surface area contributed by atoms with Crippen molar-refractivity contribution in [3.63, 3.8) is 0 Å². The third-order valence-corrected chi connectivity index (χ3v) is 4.64. The predicted octanol–water partition coefficient (Wildman–Crippen LogP) is 1.59. The minimum absolute atomic E-state index is 0.325. The average molecular weight is 382 g/mol. The van der Waals surface area contributed by atoms with Crippen LogP contribution in [0.2, 0.25) is 0 Å². The number of fused-ring (bicyclic) bond motifs is 2. The molecular weight excluding hydrogens is 352 g/mol. The van der Waals surface area contributed by atoms with Gasteiger partial charge in [0.25, 0.3) is 5.56 Å². The zero-order chi connectivity index (χ0) is 20.0. The summed E-state index contributed by atoms with van der Waals surface area (Å²) in [6.07, 6.45) is 0.437. The number of aromatic amines is 1. The fourth-order valence-corrected chi connectivity index (χ4v) is 3.49. The lowest BCUT2D eigenvalue weighted by molar-refractivity contribution is -0.213. The second-order valence-electron chi connectivity index (χ2n) is 9.23. The molecule has 8 nitrogen and oxygen atoms in total. The SMILES string of the molecule is CC(C)(C)OC[C@]12CCO[C@@H](C1OC(C)(C)C)[C@H](n1ccc(=O)[nH]c1=O)O2. The van der Waals surface area contributed by atoms with Gasteiger partial charge in [0.2, 0.25) is 0 Å². The molecule has 27 heavy (non-hydrogen) atoms. The molecule has 0 aliphatic carbocycles. The van der Waals surface area contributed by atoms with Crippen LogP contribution in [0.3, 0.4) is 0 Å². The van der Waals surface area contributed by atoms with Crippen molar-refractivity contribution in [3.05, 3.63) is 33.1 Å². The van der Waals surface area contributed by atoms with Gasteiger partial charge in [-0.1, -0.05) is 0 Å². The summed E-state index contributed by atoms with van der Waals surface area (Å²) < 4.78 is 26.1. The number of rotatable bonds is 4. The van der Waals surface area contributed by atoms with Gasteiger partial charge in [-0.15, -0.1) is 0 Å². The van der Waals surface area contributed by atoms with Crippen LogP contribution in [-0.4, -0.2) is 51.8 Å². The number of nitrogens with one attached hydrogen (secondary N) is 1. The maximum atomic E-state index is 12.3. The molecule has 1 N–H and O–H groups in total. The highest BCUT2D eigenvalue weighted by Gasteiger charge is 2.61. The molecule has 4 atom stereocenters. The highest BCUT2D eigenvalue weighted by molar-refractivity contribution is 5.07. The molecule has 1 unspecified atom stereocenters. The Morgan fingerprint density at radius 1 is 1.22 bits per heavy atom. The molecule has 1 aromatic rings. The Morgan fingerprint density at radius 2 is 1.93 bits per heavy atom. The van der Waals surface area contributed by atoms with E-state index in [4.69, 9.17) is 18.9 Å². The van der Waals surface area contributed by atoms with Gasteiger partial charge in [0, 0.05) is 18.7 Å². The van der Waals surface area contributed by atoms with E-state index in [1.54, 1.807) is 0 Å². The first-order valence-electron chi connectivity index (χ1n) is 9.33. The standard InChI is InChI=1S/C19H30N2O6/c1-17(2,3)25-11-19-8-10-24-13(14(19)26-18(4,5)6)15(27-19)21-9-7-12(22)20-16(21)23/h7,9,13-15H,8,10-11H2,1-6H3,(H,20,22,23)/t13-,14?,15+,19+/m0/s1. The average Bonchev–Trinajstić information content (AvgIpc) is 2.68. The third kappa shape index (κ3) is 4.34. The topological polar surface area (TPSA) is 91.8 Å². The van der Waals surface area contributed by atoms with Crippen LogP contribution in [0.15, 0.2) is 21.9 Å². The maximum Gasteiger partial charge on any atom is 0.330 e. The molecule has 0 saturated carbocycles. The lowest BCUT2D eigenvalue weighted by Gasteiger charge is -2.42. The Labute approximate surface area is 158 Å². The minimum Gasteiger partial charge on any atom is -0.373 e. The fourth-order valence-electron chi connectivity index (χ4n) is 3.49. The number of hydrogen-bond acceptors (Lipinski definition) is 6. The van der Waals surface area contributed by atoms with Gasteiger partial charge in [-0.05, 0) is 41.5 Å². The molecule has 2 fully saturated rings. The van der Waals surface area contributed by atoms with Crippen LogP contribution in [0.1, 0.15) is 54.2 Å². The van der Waals surface area contributed by atoms with Gasteiger partial charge in [-0.25, -0.2) is 4.79 Å². The molecule has 3 heterocycles. The molecule has 1 aromatic heterocycles. The second-order valence-corrected chi connectivity index (χ2v) is 9.23.